The molecule has 1 heterocycles. The van der Waals surface area contributed by atoms with Crippen LogP contribution in [0.3, 0.4) is 0 Å². The second-order valence-electron chi connectivity index (χ2n) is 5.21. The smallest absolute Gasteiger partial charge is 0.180 e. The Kier molecular flexibility index (Phi) is 3.52. The third-order valence-corrected chi connectivity index (χ3v) is 2.89. The number of aromatic nitrogens is 1. The molecule has 2 rings (SSSR count). The summed E-state index contributed by atoms with van der Waals surface area (Å²) in [6.45, 7) is 6.07. The van der Waals surface area contributed by atoms with Crippen LogP contribution in [-0.4, -0.2) is 22.9 Å². The summed E-state index contributed by atoms with van der Waals surface area (Å²) in [5.41, 5.74) is -0.232. The van der Waals surface area contributed by atoms with Crippen LogP contribution in [0, 0.1) is 0 Å². The van der Waals surface area contributed by atoms with Crippen molar-refractivity contribution in [1.82, 2.24) is 4.98 Å². The van der Waals surface area contributed by atoms with Gasteiger partial charge in [-0.15, -0.1) is 11.8 Å². The molecular formula is C13H19NO2S. The first-order chi connectivity index (χ1) is 7.98. The van der Waals surface area contributed by atoms with Crippen LogP contribution < -0.4 is 9.47 Å². The van der Waals surface area contributed by atoms with Crippen molar-refractivity contribution >= 4 is 11.8 Å². The molecule has 0 radical (unpaired) electrons. The Hall–Kier alpha value is -0.900. The molecule has 0 atom stereocenters. The maximum absolute atomic E-state index is 5.87. The minimum Gasteiger partial charge on any atom is -0.486 e. The van der Waals surface area contributed by atoms with Crippen molar-refractivity contribution < 1.29 is 9.47 Å². The zero-order valence-corrected chi connectivity index (χ0v) is 11.6. The van der Waals surface area contributed by atoms with E-state index in [0.717, 1.165) is 29.4 Å². The van der Waals surface area contributed by atoms with Crippen molar-refractivity contribution in [3.8, 4) is 11.5 Å². The van der Waals surface area contributed by atoms with Gasteiger partial charge in [-0.3, -0.25) is 0 Å². The van der Waals surface area contributed by atoms with Crippen LogP contribution >= 0.6 is 11.8 Å². The summed E-state index contributed by atoms with van der Waals surface area (Å²) in [6.07, 6.45) is 6.43. The molecule has 1 fully saturated rings. The van der Waals surface area contributed by atoms with Gasteiger partial charge in [0.25, 0.3) is 0 Å². The second kappa shape index (κ2) is 4.77. The third kappa shape index (κ3) is 3.80. The highest BCUT2D eigenvalue weighted by Crippen LogP contribution is 2.36. The molecule has 4 heteroatoms. The number of ether oxygens (including phenoxy) is 2. The molecule has 1 aliphatic carbocycles. The predicted molar refractivity (Wildman–Crippen MR) is 70.0 cm³/mol. The summed E-state index contributed by atoms with van der Waals surface area (Å²) in [4.78, 5) is 4.33. The molecule has 0 unspecified atom stereocenters. The first kappa shape index (κ1) is 12.6. The number of hydrogen-bond acceptors (Lipinski definition) is 4. The van der Waals surface area contributed by atoms with Crippen LogP contribution in [0.1, 0.15) is 33.6 Å². The minimum absolute atomic E-state index is 0.232. The van der Waals surface area contributed by atoms with Gasteiger partial charge in [0.15, 0.2) is 11.5 Å². The van der Waals surface area contributed by atoms with Crippen molar-refractivity contribution in [2.24, 2.45) is 0 Å². The average molecular weight is 253 g/mol. The van der Waals surface area contributed by atoms with Crippen LogP contribution in [-0.2, 0) is 0 Å². The molecule has 17 heavy (non-hydrogen) atoms. The monoisotopic (exact) mass is 253 g/mol. The van der Waals surface area contributed by atoms with E-state index in [1.54, 1.807) is 18.0 Å². The van der Waals surface area contributed by atoms with Gasteiger partial charge in [-0.1, -0.05) is 0 Å². The Morgan fingerprint density at radius 1 is 1.29 bits per heavy atom. The lowest BCUT2D eigenvalue weighted by Gasteiger charge is -2.23. The zero-order valence-electron chi connectivity index (χ0n) is 10.8. The van der Waals surface area contributed by atoms with Crippen molar-refractivity contribution in [3.05, 3.63) is 12.3 Å². The molecule has 0 aliphatic heterocycles. The lowest BCUT2D eigenvalue weighted by atomic mass is 10.2. The van der Waals surface area contributed by atoms with Crippen molar-refractivity contribution in [1.29, 1.82) is 0 Å². The number of pyridine rings is 1. The van der Waals surface area contributed by atoms with E-state index in [4.69, 9.17) is 9.47 Å². The van der Waals surface area contributed by atoms with Crippen molar-refractivity contribution in [3.63, 3.8) is 0 Å². The van der Waals surface area contributed by atoms with Crippen LogP contribution in [0.5, 0.6) is 11.5 Å². The molecule has 1 aliphatic rings. The largest absolute Gasteiger partial charge is 0.486 e. The Labute approximate surface area is 107 Å². The van der Waals surface area contributed by atoms with Gasteiger partial charge in [0.05, 0.1) is 17.3 Å². The highest BCUT2D eigenvalue weighted by molar-refractivity contribution is 7.98. The fourth-order valence-electron chi connectivity index (χ4n) is 1.38. The number of rotatable bonds is 4. The number of thioether (sulfide) groups is 1. The lowest BCUT2D eigenvalue weighted by Crippen LogP contribution is -2.23. The van der Waals surface area contributed by atoms with Gasteiger partial charge in [-0.2, -0.15) is 0 Å². The van der Waals surface area contributed by atoms with E-state index in [9.17, 15) is 0 Å². The van der Waals surface area contributed by atoms with E-state index >= 15 is 0 Å². The second-order valence-corrected chi connectivity index (χ2v) is 6.03. The minimum atomic E-state index is -0.232. The average Bonchev–Trinajstić information content (AvgIpc) is 3.02. The molecule has 1 aromatic rings. The normalized spacial score (nSPS) is 15.8. The van der Waals surface area contributed by atoms with E-state index < -0.39 is 0 Å². The summed E-state index contributed by atoms with van der Waals surface area (Å²) >= 11 is 1.61. The molecule has 0 bridgehead atoms. The zero-order chi connectivity index (χ0) is 12.5. The van der Waals surface area contributed by atoms with E-state index in [2.05, 4.69) is 4.98 Å². The standard InChI is InChI=1S/C13H19NO2S/c1-13(2,3)16-11-8-14-12(17-4)7-10(11)15-9-5-6-9/h7-9H,5-6H2,1-4H3. The highest BCUT2D eigenvalue weighted by Gasteiger charge is 2.26. The molecule has 1 aromatic heterocycles. The van der Waals surface area contributed by atoms with Crippen molar-refractivity contribution in [2.75, 3.05) is 6.26 Å². The fraction of sp³-hybridized carbons (Fsp3) is 0.615. The predicted octanol–water partition coefficient (Wildman–Crippen LogP) is 3.52. The fourth-order valence-corrected chi connectivity index (χ4v) is 1.77. The maximum Gasteiger partial charge on any atom is 0.180 e. The molecule has 0 amide bonds. The van der Waals surface area contributed by atoms with Crippen LogP contribution in [0.2, 0.25) is 0 Å². The van der Waals surface area contributed by atoms with E-state index in [0.29, 0.717) is 6.10 Å². The van der Waals surface area contributed by atoms with Crippen LogP contribution in [0.15, 0.2) is 17.3 Å². The SMILES string of the molecule is CSc1cc(OC2CC2)c(OC(C)(C)C)cn1. The van der Waals surface area contributed by atoms with Gasteiger partial charge in [0.1, 0.15) is 5.60 Å². The highest BCUT2D eigenvalue weighted by atomic mass is 32.2. The lowest BCUT2D eigenvalue weighted by molar-refractivity contribution is 0.121. The summed E-state index contributed by atoms with van der Waals surface area (Å²) < 4.78 is 11.7. The van der Waals surface area contributed by atoms with Gasteiger partial charge in [0, 0.05) is 6.07 Å². The van der Waals surface area contributed by atoms with E-state index in [1.807, 2.05) is 33.1 Å². The molecule has 0 saturated heterocycles. The summed E-state index contributed by atoms with van der Waals surface area (Å²) in [5.74, 6) is 1.56. The van der Waals surface area contributed by atoms with Crippen molar-refractivity contribution in [2.45, 2.75) is 50.3 Å². The Morgan fingerprint density at radius 3 is 2.53 bits per heavy atom. The van der Waals surface area contributed by atoms with Gasteiger partial charge >= 0.3 is 0 Å². The maximum atomic E-state index is 5.87. The molecule has 94 valence electrons. The Morgan fingerprint density at radius 2 is 2.00 bits per heavy atom. The third-order valence-electron chi connectivity index (χ3n) is 2.25. The molecule has 0 aromatic carbocycles. The van der Waals surface area contributed by atoms with Gasteiger partial charge < -0.3 is 9.47 Å². The molecule has 0 N–H and O–H groups in total. The topological polar surface area (TPSA) is 31.4 Å². The summed E-state index contributed by atoms with van der Waals surface area (Å²) in [5, 5.41) is 0.960. The van der Waals surface area contributed by atoms with Crippen LogP contribution in [0.25, 0.3) is 0 Å². The summed E-state index contributed by atoms with van der Waals surface area (Å²) in [7, 11) is 0. The Balaban J connectivity index is 2.22. The number of nitrogens with zero attached hydrogens (tertiary/aromatic N) is 1. The molecule has 0 spiro atoms. The van der Waals surface area contributed by atoms with Gasteiger partial charge in [-0.25, -0.2) is 4.98 Å². The van der Waals surface area contributed by atoms with Gasteiger partial charge in [-0.05, 0) is 39.9 Å². The molecular weight excluding hydrogens is 234 g/mol. The van der Waals surface area contributed by atoms with E-state index in [-0.39, 0.29) is 5.60 Å². The molecule has 1 saturated carbocycles. The summed E-state index contributed by atoms with van der Waals surface area (Å²) in [6, 6.07) is 1.96. The van der Waals surface area contributed by atoms with Gasteiger partial charge in [0.2, 0.25) is 0 Å². The quantitative estimate of drug-likeness (QED) is 0.768. The van der Waals surface area contributed by atoms with Crippen LogP contribution in [0.4, 0.5) is 0 Å². The first-order valence-electron chi connectivity index (χ1n) is 5.87. The van der Waals surface area contributed by atoms with E-state index in [1.165, 1.54) is 0 Å². The Bertz CT molecular complexity index is 397. The number of hydrogen-bond donors (Lipinski definition) is 0. The molecule has 3 nitrogen and oxygen atoms in total. The first-order valence-corrected chi connectivity index (χ1v) is 7.10.